The number of para-hydroxylation sites is 2. The molecule has 1 fully saturated rings. The molecular weight excluding hydrogens is 514 g/mol. The maximum atomic E-state index is 11.7. The van der Waals surface area contributed by atoms with Crippen molar-refractivity contribution in [2.45, 2.75) is 18.9 Å². The molecule has 4 rings (SSSR count). The molecule has 0 unspecified atom stereocenters. The predicted molar refractivity (Wildman–Crippen MR) is 150 cm³/mol. The van der Waals surface area contributed by atoms with E-state index >= 15 is 0 Å². The molecule has 0 spiro atoms. The molecule has 37 heavy (non-hydrogen) atoms. The van der Waals surface area contributed by atoms with E-state index in [1.54, 1.807) is 31.4 Å². The molecule has 0 radical (unpaired) electrons. The first-order valence-corrected chi connectivity index (χ1v) is 14.1. The second-order valence-electron chi connectivity index (χ2n) is 9.13. The molecule has 10 nitrogen and oxygen atoms in total. The minimum absolute atomic E-state index is 0.281. The number of rotatable bonds is 9. The van der Waals surface area contributed by atoms with Gasteiger partial charge in [0.1, 0.15) is 10.8 Å². The van der Waals surface area contributed by atoms with Crippen molar-refractivity contribution in [3.63, 3.8) is 0 Å². The average Bonchev–Trinajstić information content (AvgIpc) is 2.86. The lowest BCUT2D eigenvalue weighted by atomic mass is 10.0. The quantitative estimate of drug-likeness (QED) is 0.357. The topological polar surface area (TPSA) is 112 Å². The summed E-state index contributed by atoms with van der Waals surface area (Å²) in [6.45, 7) is 1.98. The second-order valence-corrected chi connectivity index (χ2v) is 11.3. The molecule has 0 atom stereocenters. The van der Waals surface area contributed by atoms with Crippen LogP contribution in [0, 0.1) is 0 Å². The largest absolute Gasteiger partial charge is 0.494 e. The van der Waals surface area contributed by atoms with E-state index in [9.17, 15) is 8.42 Å². The summed E-state index contributed by atoms with van der Waals surface area (Å²) in [6, 6.07) is 13.5. The normalized spacial score (nSPS) is 14.5. The van der Waals surface area contributed by atoms with Crippen molar-refractivity contribution in [3.8, 4) is 5.75 Å². The van der Waals surface area contributed by atoms with Gasteiger partial charge in [0.15, 0.2) is 5.82 Å². The number of aromatic nitrogens is 2. The number of halogens is 1. The van der Waals surface area contributed by atoms with Gasteiger partial charge in [0.2, 0.25) is 16.0 Å². The molecule has 1 aliphatic heterocycles. The monoisotopic (exact) mass is 545 g/mol. The minimum atomic E-state index is -3.46. The highest BCUT2D eigenvalue weighted by Gasteiger charge is 2.21. The molecule has 3 N–H and O–H groups in total. The van der Waals surface area contributed by atoms with Gasteiger partial charge in [-0.25, -0.2) is 13.4 Å². The molecule has 1 saturated heterocycles. The molecule has 198 valence electrons. The third-order valence-corrected chi connectivity index (χ3v) is 7.08. The Kier molecular flexibility index (Phi) is 8.25. The Morgan fingerprint density at radius 1 is 1.05 bits per heavy atom. The number of anilines is 6. The van der Waals surface area contributed by atoms with E-state index in [-0.39, 0.29) is 5.02 Å². The molecule has 0 bridgehead atoms. The van der Waals surface area contributed by atoms with E-state index in [1.165, 1.54) is 6.20 Å². The van der Waals surface area contributed by atoms with Crippen LogP contribution in [0.4, 0.5) is 34.5 Å². The second kappa shape index (κ2) is 11.4. The van der Waals surface area contributed by atoms with Gasteiger partial charge < -0.3 is 25.2 Å². The molecule has 2 heterocycles. The third-order valence-electron chi connectivity index (χ3n) is 6.21. The van der Waals surface area contributed by atoms with Crippen molar-refractivity contribution in [1.82, 2.24) is 14.9 Å². The molecule has 0 amide bonds. The van der Waals surface area contributed by atoms with Gasteiger partial charge in [0.25, 0.3) is 0 Å². The van der Waals surface area contributed by atoms with Gasteiger partial charge in [0.05, 0.1) is 36.6 Å². The number of sulfonamides is 1. The first-order chi connectivity index (χ1) is 17.6. The van der Waals surface area contributed by atoms with Crippen LogP contribution in [0.1, 0.15) is 12.8 Å². The Bertz CT molecular complexity index is 1350. The molecule has 1 aromatic heterocycles. The van der Waals surface area contributed by atoms with Crippen molar-refractivity contribution in [2.75, 3.05) is 60.8 Å². The van der Waals surface area contributed by atoms with E-state index < -0.39 is 10.0 Å². The highest BCUT2D eigenvalue weighted by molar-refractivity contribution is 7.92. The van der Waals surface area contributed by atoms with Crippen LogP contribution in [0.15, 0.2) is 48.7 Å². The van der Waals surface area contributed by atoms with Crippen molar-refractivity contribution >= 4 is 56.1 Å². The third kappa shape index (κ3) is 6.94. The van der Waals surface area contributed by atoms with Gasteiger partial charge in [-0.1, -0.05) is 23.7 Å². The maximum Gasteiger partial charge on any atom is 0.229 e. The molecule has 3 aromatic rings. The number of benzene rings is 2. The van der Waals surface area contributed by atoms with Gasteiger partial charge in [-0.3, -0.25) is 4.72 Å². The Morgan fingerprint density at radius 3 is 2.41 bits per heavy atom. The first kappa shape index (κ1) is 26.8. The number of nitrogens with one attached hydrogen (secondary N) is 3. The average molecular weight is 546 g/mol. The highest BCUT2D eigenvalue weighted by atomic mass is 35.5. The lowest BCUT2D eigenvalue weighted by molar-refractivity contribution is 0.249. The summed E-state index contributed by atoms with van der Waals surface area (Å²) in [5.41, 5.74) is 2.69. The number of nitrogens with zero attached hydrogens (tertiary/aromatic N) is 4. The van der Waals surface area contributed by atoms with Crippen LogP contribution in [0.25, 0.3) is 0 Å². The van der Waals surface area contributed by atoms with Crippen molar-refractivity contribution in [3.05, 3.63) is 53.7 Å². The summed E-state index contributed by atoms with van der Waals surface area (Å²) >= 11 is 6.34. The number of hydrogen-bond donors (Lipinski definition) is 3. The number of methoxy groups -OCH3 is 1. The summed E-state index contributed by atoms with van der Waals surface area (Å²) in [5.74, 6) is 1.29. The number of piperidine rings is 1. The summed E-state index contributed by atoms with van der Waals surface area (Å²) in [4.78, 5) is 13.5. The van der Waals surface area contributed by atoms with Gasteiger partial charge in [-0.05, 0) is 51.2 Å². The van der Waals surface area contributed by atoms with E-state index in [4.69, 9.17) is 16.3 Å². The molecule has 0 aliphatic carbocycles. The molecule has 1 aliphatic rings. The van der Waals surface area contributed by atoms with Crippen LogP contribution in [0.2, 0.25) is 5.02 Å². The lowest BCUT2D eigenvalue weighted by Crippen LogP contribution is -2.41. The van der Waals surface area contributed by atoms with Gasteiger partial charge in [-0.2, -0.15) is 4.98 Å². The molecule has 2 aromatic carbocycles. The van der Waals surface area contributed by atoms with E-state index in [0.717, 1.165) is 37.9 Å². The smallest absolute Gasteiger partial charge is 0.229 e. The van der Waals surface area contributed by atoms with E-state index in [1.807, 2.05) is 12.1 Å². The van der Waals surface area contributed by atoms with E-state index in [0.29, 0.717) is 40.6 Å². The zero-order chi connectivity index (χ0) is 26.6. The van der Waals surface area contributed by atoms with Gasteiger partial charge >= 0.3 is 0 Å². The summed E-state index contributed by atoms with van der Waals surface area (Å²) < 4.78 is 31.6. The van der Waals surface area contributed by atoms with Crippen molar-refractivity contribution < 1.29 is 13.2 Å². The Balaban J connectivity index is 1.52. The van der Waals surface area contributed by atoms with Crippen LogP contribution in [0.5, 0.6) is 5.75 Å². The summed E-state index contributed by atoms with van der Waals surface area (Å²) in [5, 5.41) is 6.57. The SMILES string of the molecule is COc1cc(N2CCC(N(C)C)CC2)ccc1Nc1ncc(Cl)c(Nc2ccccc2NS(C)(=O)=O)n1. The number of hydrogen-bond acceptors (Lipinski definition) is 9. The van der Waals surface area contributed by atoms with Crippen molar-refractivity contribution in [1.29, 1.82) is 0 Å². The first-order valence-electron chi connectivity index (χ1n) is 11.9. The van der Waals surface area contributed by atoms with E-state index in [2.05, 4.69) is 55.3 Å². The minimum Gasteiger partial charge on any atom is -0.494 e. The fraction of sp³-hybridized carbons (Fsp3) is 0.360. The van der Waals surface area contributed by atoms with Crippen LogP contribution in [-0.4, -0.2) is 69.9 Å². The highest BCUT2D eigenvalue weighted by Crippen LogP contribution is 2.34. The molecule has 12 heteroatoms. The zero-order valence-electron chi connectivity index (χ0n) is 21.3. The van der Waals surface area contributed by atoms with Crippen LogP contribution < -0.4 is 25.0 Å². The Morgan fingerprint density at radius 2 is 1.76 bits per heavy atom. The van der Waals surface area contributed by atoms with Crippen LogP contribution >= 0.6 is 11.6 Å². The Labute approximate surface area is 223 Å². The lowest BCUT2D eigenvalue weighted by Gasteiger charge is -2.36. The maximum absolute atomic E-state index is 11.7. The predicted octanol–water partition coefficient (Wildman–Crippen LogP) is 4.53. The summed E-state index contributed by atoms with van der Waals surface area (Å²) in [6.07, 6.45) is 4.80. The van der Waals surface area contributed by atoms with Gasteiger partial charge in [-0.15, -0.1) is 0 Å². The van der Waals surface area contributed by atoms with Crippen molar-refractivity contribution in [2.24, 2.45) is 0 Å². The molecular formula is C25H32ClN7O3S. The van der Waals surface area contributed by atoms with Gasteiger partial charge in [0, 0.05) is 30.9 Å². The van der Waals surface area contributed by atoms with Crippen LogP contribution in [-0.2, 0) is 10.0 Å². The molecule has 0 saturated carbocycles. The fourth-order valence-electron chi connectivity index (χ4n) is 4.26. The zero-order valence-corrected chi connectivity index (χ0v) is 22.9. The fourth-order valence-corrected chi connectivity index (χ4v) is 4.98. The standard InChI is InChI=1S/C25H32ClN7O3S/c1-32(2)17-11-13-33(14-12-17)18-9-10-22(23(15-18)36-3)29-25-27-16-19(26)24(30-25)28-20-7-5-6-8-21(20)31-37(4,34)35/h5-10,15-17,31H,11-14H2,1-4H3,(H2,27,28,29,30). The number of ether oxygens (including phenoxy) is 1. The Hall–Kier alpha value is -3.28. The summed E-state index contributed by atoms with van der Waals surface area (Å²) in [7, 11) is 2.43. The van der Waals surface area contributed by atoms with Crippen LogP contribution in [0.3, 0.4) is 0 Å².